The van der Waals surface area contributed by atoms with Crippen molar-refractivity contribution in [3.63, 3.8) is 0 Å². The molecule has 1 fully saturated rings. The molecule has 88 valence electrons. The molecule has 2 rings (SSSR count). The second kappa shape index (κ2) is 5.43. The van der Waals surface area contributed by atoms with Crippen molar-refractivity contribution in [1.82, 2.24) is 4.90 Å². The summed E-state index contributed by atoms with van der Waals surface area (Å²) in [5.74, 6) is 0.461. The van der Waals surface area contributed by atoms with Crippen LogP contribution in [-0.4, -0.2) is 41.4 Å². The lowest BCUT2D eigenvalue weighted by Gasteiger charge is -2.15. The predicted molar refractivity (Wildman–Crippen MR) is 62.9 cm³/mol. The molecule has 0 amide bonds. The lowest BCUT2D eigenvalue weighted by molar-refractivity contribution is 0.152. The fourth-order valence-corrected chi connectivity index (χ4v) is 2.42. The van der Waals surface area contributed by atoms with Crippen LogP contribution in [0.1, 0.15) is 5.56 Å². The Morgan fingerprint density at radius 2 is 1.56 bits per heavy atom. The molecule has 0 unspecified atom stereocenters. The van der Waals surface area contributed by atoms with Gasteiger partial charge >= 0.3 is 0 Å². The molecule has 0 aromatic heterocycles. The molecule has 0 bridgehead atoms. The first-order valence-corrected chi connectivity index (χ1v) is 5.81. The van der Waals surface area contributed by atoms with E-state index >= 15 is 0 Å². The standard InChI is InChI=1S/C13H19NO2/c15-9-12-7-14(8-13(12)10-16)6-11-4-2-1-3-5-11/h1-5,12-13,15-16H,6-10H2/t12-,13-/m1/s1. The molecular formula is C13H19NO2. The quantitative estimate of drug-likeness (QED) is 0.787. The number of nitrogens with zero attached hydrogens (tertiary/aromatic N) is 1. The summed E-state index contributed by atoms with van der Waals surface area (Å²) in [5.41, 5.74) is 1.29. The summed E-state index contributed by atoms with van der Waals surface area (Å²) in [4.78, 5) is 2.30. The van der Waals surface area contributed by atoms with Crippen LogP contribution in [0.25, 0.3) is 0 Å². The van der Waals surface area contributed by atoms with Gasteiger partial charge in [0, 0.05) is 44.7 Å². The molecule has 2 N–H and O–H groups in total. The highest BCUT2D eigenvalue weighted by molar-refractivity contribution is 5.14. The van der Waals surface area contributed by atoms with Crippen molar-refractivity contribution in [1.29, 1.82) is 0 Å². The highest BCUT2D eigenvalue weighted by Crippen LogP contribution is 2.23. The van der Waals surface area contributed by atoms with Crippen LogP contribution in [0.5, 0.6) is 0 Å². The Labute approximate surface area is 96.3 Å². The maximum atomic E-state index is 9.21. The van der Waals surface area contributed by atoms with Crippen LogP contribution in [0.3, 0.4) is 0 Å². The van der Waals surface area contributed by atoms with Gasteiger partial charge in [0.05, 0.1) is 0 Å². The number of hydrogen-bond donors (Lipinski definition) is 2. The van der Waals surface area contributed by atoms with E-state index in [2.05, 4.69) is 17.0 Å². The Balaban J connectivity index is 1.93. The summed E-state index contributed by atoms with van der Waals surface area (Å²) in [6.07, 6.45) is 0. The molecule has 0 aliphatic carbocycles. The fraction of sp³-hybridized carbons (Fsp3) is 0.538. The zero-order valence-electron chi connectivity index (χ0n) is 9.42. The average molecular weight is 221 g/mol. The van der Waals surface area contributed by atoms with Gasteiger partial charge in [0.25, 0.3) is 0 Å². The summed E-state index contributed by atoms with van der Waals surface area (Å²) in [5, 5.41) is 18.4. The van der Waals surface area contributed by atoms with E-state index in [1.807, 2.05) is 18.2 Å². The molecule has 1 aromatic carbocycles. The van der Waals surface area contributed by atoms with Crippen LogP contribution in [-0.2, 0) is 6.54 Å². The predicted octanol–water partition coefficient (Wildman–Crippen LogP) is 0.719. The third-order valence-electron chi connectivity index (χ3n) is 3.37. The summed E-state index contributed by atoms with van der Waals surface area (Å²) in [7, 11) is 0. The molecule has 1 heterocycles. The first-order valence-electron chi connectivity index (χ1n) is 5.81. The first-order chi connectivity index (χ1) is 7.83. The van der Waals surface area contributed by atoms with Crippen molar-refractivity contribution < 1.29 is 10.2 Å². The Hall–Kier alpha value is -0.900. The van der Waals surface area contributed by atoms with E-state index in [0.717, 1.165) is 19.6 Å². The number of aliphatic hydroxyl groups excluding tert-OH is 2. The highest BCUT2D eigenvalue weighted by atomic mass is 16.3. The van der Waals surface area contributed by atoms with Crippen molar-refractivity contribution in [3.8, 4) is 0 Å². The minimum Gasteiger partial charge on any atom is -0.396 e. The molecule has 0 spiro atoms. The van der Waals surface area contributed by atoms with Crippen LogP contribution < -0.4 is 0 Å². The summed E-state index contributed by atoms with van der Waals surface area (Å²) >= 11 is 0. The van der Waals surface area contributed by atoms with Crippen molar-refractivity contribution in [3.05, 3.63) is 35.9 Å². The minimum atomic E-state index is 0.177. The van der Waals surface area contributed by atoms with E-state index in [1.165, 1.54) is 5.56 Å². The van der Waals surface area contributed by atoms with Gasteiger partial charge < -0.3 is 10.2 Å². The number of likely N-dealkylation sites (tertiary alicyclic amines) is 1. The van der Waals surface area contributed by atoms with Gasteiger partial charge in [0.15, 0.2) is 0 Å². The smallest absolute Gasteiger partial charge is 0.0475 e. The van der Waals surface area contributed by atoms with Crippen molar-refractivity contribution in [2.24, 2.45) is 11.8 Å². The number of rotatable bonds is 4. The van der Waals surface area contributed by atoms with Crippen LogP contribution >= 0.6 is 0 Å². The Bertz CT molecular complexity index is 303. The molecule has 1 aliphatic rings. The minimum absolute atomic E-state index is 0.177. The van der Waals surface area contributed by atoms with Gasteiger partial charge in [0.1, 0.15) is 0 Å². The number of hydrogen-bond acceptors (Lipinski definition) is 3. The number of aliphatic hydroxyl groups is 2. The van der Waals surface area contributed by atoms with Gasteiger partial charge in [-0.25, -0.2) is 0 Å². The van der Waals surface area contributed by atoms with Gasteiger partial charge in [-0.2, -0.15) is 0 Å². The third kappa shape index (κ3) is 2.61. The van der Waals surface area contributed by atoms with Crippen molar-refractivity contribution in [2.45, 2.75) is 6.54 Å². The van der Waals surface area contributed by atoms with Crippen LogP contribution in [0.4, 0.5) is 0 Å². The highest BCUT2D eigenvalue weighted by Gasteiger charge is 2.31. The van der Waals surface area contributed by atoms with Gasteiger partial charge in [0.2, 0.25) is 0 Å². The normalized spacial score (nSPS) is 26.1. The number of benzene rings is 1. The lowest BCUT2D eigenvalue weighted by Crippen LogP contribution is -2.20. The maximum absolute atomic E-state index is 9.21. The average Bonchev–Trinajstić information content (AvgIpc) is 2.72. The van der Waals surface area contributed by atoms with Crippen LogP contribution in [0, 0.1) is 11.8 Å². The van der Waals surface area contributed by atoms with E-state index in [4.69, 9.17) is 0 Å². The van der Waals surface area contributed by atoms with Gasteiger partial charge in [-0.05, 0) is 5.56 Å². The molecular weight excluding hydrogens is 202 g/mol. The third-order valence-corrected chi connectivity index (χ3v) is 3.37. The van der Waals surface area contributed by atoms with E-state index in [9.17, 15) is 10.2 Å². The van der Waals surface area contributed by atoms with E-state index in [0.29, 0.717) is 0 Å². The summed E-state index contributed by atoms with van der Waals surface area (Å²) < 4.78 is 0. The second-order valence-electron chi connectivity index (χ2n) is 4.56. The molecule has 16 heavy (non-hydrogen) atoms. The van der Waals surface area contributed by atoms with Gasteiger partial charge in [-0.1, -0.05) is 30.3 Å². The lowest BCUT2D eigenvalue weighted by atomic mass is 9.98. The van der Waals surface area contributed by atoms with Crippen LogP contribution in [0.2, 0.25) is 0 Å². The molecule has 3 heteroatoms. The molecule has 1 aromatic rings. The largest absolute Gasteiger partial charge is 0.396 e. The van der Waals surface area contributed by atoms with Crippen molar-refractivity contribution in [2.75, 3.05) is 26.3 Å². The monoisotopic (exact) mass is 221 g/mol. The zero-order chi connectivity index (χ0) is 11.4. The van der Waals surface area contributed by atoms with Gasteiger partial charge in [-0.15, -0.1) is 0 Å². The summed E-state index contributed by atoms with van der Waals surface area (Å²) in [6, 6.07) is 10.3. The molecule has 3 nitrogen and oxygen atoms in total. The molecule has 2 atom stereocenters. The van der Waals surface area contributed by atoms with E-state index < -0.39 is 0 Å². The molecule has 1 aliphatic heterocycles. The molecule has 0 radical (unpaired) electrons. The fourth-order valence-electron chi connectivity index (χ4n) is 2.42. The van der Waals surface area contributed by atoms with Gasteiger partial charge in [-0.3, -0.25) is 4.90 Å². The van der Waals surface area contributed by atoms with E-state index in [-0.39, 0.29) is 25.0 Å². The SMILES string of the molecule is OC[C@H]1CN(Cc2ccccc2)C[C@@H]1CO. The maximum Gasteiger partial charge on any atom is 0.0475 e. The molecule has 0 saturated carbocycles. The first kappa shape index (κ1) is 11.6. The second-order valence-corrected chi connectivity index (χ2v) is 4.56. The Kier molecular flexibility index (Phi) is 3.93. The van der Waals surface area contributed by atoms with E-state index in [1.54, 1.807) is 0 Å². The zero-order valence-corrected chi connectivity index (χ0v) is 9.42. The molecule has 1 saturated heterocycles. The topological polar surface area (TPSA) is 43.7 Å². The Morgan fingerprint density at radius 1 is 1.00 bits per heavy atom. The van der Waals surface area contributed by atoms with Crippen LogP contribution in [0.15, 0.2) is 30.3 Å². The summed E-state index contributed by atoms with van der Waals surface area (Å²) in [6.45, 7) is 3.04. The van der Waals surface area contributed by atoms with Crippen molar-refractivity contribution >= 4 is 0 Å². The Morgan fingerprint density at radius 3 is 2.06 bits per heavy atom.